The van der Waals surface area contributed by atoms with Gasteiger partial charge in [0, 0.05) is 38.6 Å². The van der Waals surface area contributed by atoms with Crippen molar-refractivity contribution < 1.29 is 14.0 Å². The predicted octanol–water partition coefficient (Wildman–Crippen LogP) is 2.64. The number of furan rings is 1. The van der Waals surface area contributed by atoms with Crippen LogP contribution < -0.4 is 0 Å². The molecule has 0 N–H and O–H groups in total. The molecule has 136 valence electrons. The molecular weight excluding hydrogens is 330 g/mol. The summed E-state index contributed by atoms with van der Waals surface area (Å²) in [5, 5.41) is 0. The summed E-state index contributed by atoms with van der Waals surface area (Å²) in [5.41, 5.74) is 1.20. The van der Waals surface area contributed by atoms with Crippen LogP contribution in [0.5, 0.6) is 0 Å². The highest BCUT2D eigenvalue weighted by atomic mass is 16.3. The van der Waals surface area contributed by atoms with E-state index in [4.69, 9.17) is 4.42 Å². The smallest absolute Gasteiger partial charge is 0.257 e. The van der Waals surface area contributed by atoms with Gasteiger partial charge in [0.15, 0.2) is 0 Å². The minimum atomic E-state index is -0.437. The van der Waals surface area contributed by atoms with Gasteiger partial charge in [0.25, 0.3) is 5.91 Å². The minimum Gasteiger partial charge on any atom is -0.469 e. The highest BCUT2D eigenvalue weighted by Gasteiger charge is 2.49. The molecule has 1 unspecified atom stereocenters. The Morgan fingerprint density at radius 1 is 1.31 bits per heavy atom. The van der Waals surface area contributed by atoms with E-state index < -0.39 is 5.41 Å². The summed E-state index contributed by atoms with van der Waals surface area (Å²) in [6, 6.07) is 5.59. The van der Waals surface area contributed by atoms with Gasteiger partial charge in [0.2, 0.25) is 5.91 Å². The maximum atomic E-state index is 13.2. The van der Waals surface area contributed by atoms with Gasteiger partial charge in [-0.2, -0.15) is 0 Å². The molecule has 2 amide bonds. The van der Waals surface area contributed by atoms with Crippen LogP contribution in [-0.2, 0) is 11.3 Å². The van der Waals surface area contributed by atoms with E-state index in [1.165, 1.54) is 0 Å². The Kier molecular flexibility index (Phi) is 4.26. The van der Waals surface area contributed by atoms with Crippen LogP contribution >= 0.6 is 0 Å². The lowest BCUT2D eigenvalue weighted by Crippen LogP contribution is -2.49. The van der Waals surface area contributed by atoms with E-state index >= 15 is 0 Å². The lowest BCUT2D eigenvalue weighted by molar-refractivity contribution is -0.138. The molecule has 6 heteroatoms. The first-order valence-electron chi connectivity index (χ1n) is 9.11. The van der Waals surface area contributed by atoms with Crippen molar-refractivity contribution in [2.75, 3.05) is 19.6 Å². The van der Waals surface area contributed by atoms with Crippen molar-refractivity contribution >= 4 is 11.8 Å². The molecule has 4 heterocycles. The summed E-state index contributed by atoms with van der Waals surface area (Å²) < 4.78 is 5.27. The van der Waals surface area contributed by atoms with E-state index in [0.29, 0.717) is 31.0 Å². The fraction of sp³-hybridized carbons (Fsp3) is 0.450. The van der Waals surface area contributed by atoms with Crippen LogP contribution in [0.3, 0.4) is 0 Å². The predicted molar refractivity (Wildman–Crippen MR) is 95.3 cm³/mol. The summed E-state index contributed by atoms with van der Waals surface area (Å²) in [7, 11) is 0. The van der Waals surface area contributed by atoms with Crippen LogP contribution in [0.4, 0.5) is 0 Å². The van der Waals surface area contributed by atoms with Crippen molar-refractivity contribution in [3.63, 3.8) is 0 Å². The van der Waals surface area contributed by atoms with Crippen LogP contribution in [0.1, 0.15) is 40.9 Å². The summed E-state index contributed by atoms with van der Waals surface area (Å²) >= 11 is 0. The fourth-order valence-corrected chi connectivity index (χ4v) is 4.22. The van der Waals surface area contributed by atoms with Crippen molar-refractivity contribution in [2.24, 2.45) is 5.41 Å². The molecule has 1 atom stereocenters. The summed E-state index contributed by atoms with van der Waals surface area (Å²) in [5.74, 6) is 0.766. The van der Waals surface area contributed by atoms with Crippen LogP contribution in [0.25, 0.3) is 0 Å². The number of likely N-dealkylation sites (tertiary alicyclic amines) is 2. The number of hydrogen-bond donors (Lipinski definition) is 0. The average Bonchev–Trinajstić information content (AvgIpc) is 3.21. The topological polar surface area (TPSA) is 66.7 Å². The van der Waals surface area contributed by atoms with Gasteiger partial charge >= 0.3 is 0 Å². The fourth-order valence-electron chi connectivity index (χ4n) is 4.22. The number of carbonyl (C=O) groups excluding carboxylic acids is 2. The molecule has 6 nitrogen and oxygen atoms in total. The number of carbonyl (C=O) groups is 2. The molecule has 0 bridgehead atoms. The van der Waals surface area contributed by atoms with E-state index in [-0.39, 0.29) is 11.8 Å². The Bertz CT molecular complexity index is 817. The second-order valence-corrected chi connectivity index (χ2v) is 7.34. The quantitative estimate of drug-likeness (QED) is 0.851. The zero-order valence-corrected chi connectivity index (χ0v) is 15.0. The first-order valence-corrected chi connectivity index (χ1v) is 9.11. The van der Waals surface area contributed by atoms with Gasteiger partial charge in [0.05, 0.1) is 17.2 Å². The Balaban J connectivity index is 1.49. The highest BCUT2D eigenvalue weighted by molar-refractivity contribution is 5.96. The molecule has 2 aromatic rings. The molecular formula is C20H23N3O3. The van der Waals surface area contributed by atoms with E-state index in [1.54, 1.807) is 31.6 Å². The summed E-state index contributed by atoms with van der Waals surface area (Å²) in [6.07, 6.45) is 7.59. The van der Waals surface area contributed by atoms with Crippen molar-refractivity contribution in [3.8, 4) is 0 Å². The molecule has 1 spiro atoms. The Labute approximate surface area is 152 Å². The number of hydrogen-bond acceptors (Lipinski definition) is 4. The summed E-state index contributed by atoms with van der Waals surface area (Å²) in [6.45, 7) is 4.31. The molecule has 2 aliphatic heterocycles. The molecule has 2 saturated heterocycles. The molecule has 2 aromatic heterocycles. The van der Waals surface area contributed by atoms with Crippen LogP contribution in [-0.4, -0.2) is 46.2 Å². The van der Waals surface area contributed by atoms with Gasteiger partial charge in [0.1, 0.15) is 5.76 Å². The standard InChI is InChI=1S/C20H23N3O3/c1-15-17(5-11-26-15)18(24)23-9-3-6-20(14-23)7-10-22(19(20)25)13-16-4-2-8-21-12-16/h2,4-5,8,11-12H,3,6-7,9-10,13-14H2,1H3. The van der Waals surface area contributed by atoms with Crippen molar-refractivity contribution in [1.29, 1.82) is 0 Å². The van der Waals surface area contributed by atoms with Crippen LogP contribution in [0.15, 0.2) is 41.3 Å². The van der Waals surface area contributed by atoms with Crippen LogP contribution in [0.2, 0.25) is 0 Å². The lowest BCUT2D eigenvalue weighted by Gasteiger charge is -2.39. The molecule has 2 aliphatic rings. The zero-order chi connectivity index (χ0) is 18.1. The zero-order valence-electron chi connectivity index (χ0n) is 15.0. The molecule has 0 aromatic carbocycles. The Morgan fingerprint density at radius 3 is 2.92 bits per heavy atom. The maximum absolute atomic E-state index is 13.2. The molecule has 0 saturated carbocycles. The van der Waals surface area contributed by atoms with E-state index in [9.17, 15) is 9.59 Å². The largest absolute Gasteiger partial charge is 0.469 e. The van der Waals surface area contributed by atoms with E-state index in [2.05, 4.69) is 4.98 Å². The van der Waals surface area contributed by atoms with Crippen LogP contribution in [0, 0.1) is 12.3 Å². The minimum absolute atomic E-state index is 0.0335. The monoisotopic (exact) mass is 353 g/mol. The number of aromatic nitrogens is 1. The van der Waals surface area contributed by atoms with Gasteiger partial charge < -0.3 is 14.2 Å². The second kappa shape index (κ2) is 6.59. The third kappa shape index (κ3) is 2.89. The van der Waals surface area contributed by atoms with Crippen molar-refractivity contribution in [1.82, 2.24) is 14.8 Å². The van der Waals surface area contributed by atoms with Gasteiger partial charge in [-0.15, -0.1) is 0 Å². The van der Waals surface area contributed by atoms with E-state index in [1.807, 2.05) is 21.9 Å². The van der Waals surface area contributed by atoms with Crippen molar-refractivity contribution in [3.05, 3.63) is 53.7 Å². The Hall–Kier alpha value is -2.63. The first-order chi connectivity index (χ1) is 12.6. The third-order valence-corrected chi connectivity index (χ3v) is 5.65. The van der Waals surface area contributed by atoms with Gasteiger partial charge in [-0.3, -0.25) is 14.6 Å². The highest BCUT2D eigenvalue weighted by Crippen LogP contribution is 2.41. The lowest BCUT2D eigenvalue weighted by atomic mass is 9.78. The average molecular weight is 353 g/mol. The number of aryl methyl sites for hydroxylation is 1. The van der Waals surface area contributed by atoms with Crippen molar-refractivity contribution in [2.45, 2.75) is 32.7 Å². The third-order valence-electron chi connectivity index (χ3n) is 5.65. The molecule has 26 heavy (non-hydrogen) atoms. The number of pyridine rings is 1. The molecule has 2 fully saturated rings. The summed E-state index contributed by atoms with van der Waals surface area (Å²) in [4.78, 5) is 33.9. The van der Waals surface area contributed by atoms with E-state index in [0.717, 1.165) is 31.4 Å². The number of piperidine rings is 1. The molecule has 4 rings (SSSR count). The van der Waals surface area contributed by atoms with Gasteiger partial charge in [-0.1, -0.05) is 6.07 Å². The van der Waals surface area contributed by atoms with Gasteiger partial charge in [-0.05, 0) is 43.9 Å². The molecule has 0 radical (unpaired) electrons. The number of rotatable bonds is 3. The SMILES string of the molecule is Cc1occc1C(=O)N1CCCC2(CCN(Cc3cccnc3)C2=O)C1. The Morgan fingerprint density at radius 2 is 2.19 bits per heavy atom. The number of nitrogens with zero attached hydrogens (tertiary/aromatic N) is 3. The first kappa shape index (κ1) is 16.8. The van der Waals surface area contributed by atoms with Gasteiger partial charge in [-0.25, -0.2) is 0 Å². The number of amides is 2. The maximum Gasteiger partial charge on any atom is 0.257 e. The molecule has 0 aliphatic carbocycles. The normalized spacial score (nSPS) is 23.0. The second-order valence-electron chi connectivity index (χ2n) is 7.34.